The van der Waals surface area contributed by atoms with Crippen molar-refractivity contribution >= 4 is 0 Å². The molecule has 0 aromatic rings. The van der Waals surface area contributed by atoms with Crippen molar-refractivity contribution in [2.24, 2.45) is 0 Å². The molecule has 1 aliphatic heterocycles. The lowest BCUT2D eigenvalue weighted by Crippen LogP contribution is -2.11. The standard InChI is InChI=1S/C8H15NO/c1-9-6-5-8-4-2-3-7-10-8/h4,9H,2-3,5-7H2,1H3. The molecule has 1 aliphatic rings. The van der Waals surface area contributed by atoms with Gasteiger partial charge in [0, 0.05) is 13.0 Å². The molecule has 10 heavy (non-hydrogen) atoms. The Labute approximate surface area is 62.3 Å². The van der Waals surface area contributed by atoms with Gasteiger partial charge in [-0.05, 0) is 26.0 Å². The van der Waals surface area contributed by atoms with E-state index in [-0.39, 0.29) is 0 Å². The third kappa shape index (κ3) is 2.40. The first-order valence-corrected chi connectivity index (χ1v) is 3.90. The summed E-state index contributed by atoms with van der Waals surface area (Å²) in [6.45, 7) is 1.93. The molecule has 2 heteroatoms. The lowest BCUT2D eigenvalue weighted by Gasteiger charge is -2.14. The van der Waals surface area contributed by atoms with Crippen LogP contribution in [0.2, 0.25) is 0 Å². The molecule has 1 rings (SSSR count). The SMILES string of the molecule is CNCCC1=CCCCO1. The summed E-state index contributed by atoms with van der Waals surface area (Å²) >= 11 is 0. The van der Waals surface area contributed by atoms with Gasteiger partial charge < -0.3 is 10.1 Å². The van der Waals surface area contributed by atoms with Gasteiger partial charge in [-0.1, -0.05) is 0 Å². The molecule has 2 nitrogen and oxygen atoms in total. The molecule has 0 spiro atoms. The smallest absolute Gasteiger partial charge is 0.0932 e. The molecule has 1 N–H and O–H groups in total. The molecule has 1 heterocycles. The van der Waals surface area contributed by atoms with Crippen molar-refractivity contribution in [2.75, 3.05) is 20.2 Å². The van der Waals surface area contributed by atoms with Gasteiger partial charge in [-0.25, -0.2) is 0 Å². The first kappa shape index (κ1) is 7.61. The van der Waals surface area contributed by atoms with Crippen LogP contribution < -0.4 is 5.32 Å². The van der Waals surface area contributed by atoms with Crippen molar-refractivity contribution < 1.29 is 4.74 Å². The zero-order valence-corrected chi connectivity index (χ0v) is 6.52. The summed E-state index contributed by atoms with van der Waals surface area (Å²) in [6, 6.07) is 0. The van der Waals surface area contributed by atoms with Gasteiger partial charge in [0.25, 0.3) is 0 Å². The Bertz CT molecular complexity index is 120. The molecular weight excluding hydrogens is 126 g/mol. The van der Waals surface area contributed by atoms with Crippen molar-refractivity contribution in [1.29, 1.82) is 0 Å². The van der Waals surface area contributed by atoms with Gasteiger partial charge in [0.2, 0.25) is 0 Å². The van der Waals surface area contributed by atoms with Crippen LogP contribution in [-0.4, -0.2) is 20.2 Å². The summed E-state index contributed by atoms with van der Waals surface area (Å²) in [5.74, 6) is 1.17. The van der Waals surface area contributed by atoms with E-state index in [2.05, 4.69) is 11.4 Å². The number of allylic oxidation sites excluding steroid dienone is 1. The topological polar surface area (TPSA) is 21.3 Å². The monoisotopic (exact) mass is 141 g/mol. The second kappa shape index (κ2) is 4.34. The van der Waals surface area contributed by atoms with Crippen LogP contribution in [-0.2, 0) is 4.74 Å². The van der Waals surface area contributed by atoms with E-state index in [4.69, 9.17) is 4.74 Å². The number of ether oxygens (including phenoxy) is 1. The van der Waals surface area contributed by atoms with Crippen molar-refractivity contribution in [2.45, 2.75) is 19.3 Å². The highest BCUT2D eigenvalue weighted by molar-refractivity contribution is 4.95. The highest BCUT2D eigenvalue weighted by atomic mass is 16.5. The fraction of sp³-hybridized carbons (Fsp3) is 0.750. The zero-order chi connectivity index (χ0) is 7.23. The van der Waals surface area contributed by atoms with E-state index in [0.29, 0.717) is 0 Å². The van der Waals surface area contributed by atoms with Gasteiger partial charge in [0.05, 0.1) is 12.4 Å². The average Bonchev–Trinajstić information content (AvgIpc) is 2.03. The molecule has 0 aromatic carbocycles. The van der Waals surface area contributed by atoms with Gasteiger partial charge >= 0.3 is 0 Å². The minimum Gasteiger partial charge on any atom is -0.498 e. The van der Waals surface area contributed by atoms with E-state index in [1.807, 2.05) is 7.05 Å². The van der Waals surface area contributed by atoms with Crippen LogP contribution in [0, 0.1) is 0 Å². The van der Waals surface area contributed by atoms with E-state index >= 15 is 0 Å². The van der Waals surface area contributed by atoms with Gasteiger partial charge in [-0.3, -0.25) is 0 Å². The number of hydrogen-bond acceptors (Lipinski definition) is 2. The minimum atomic E-state index is 0.912. The zero-order valence-electron chi connectivity index (χ0n) is 6.52. The number of nitrogens with one attached hydrogen (secondary N) is 1. The van der Waals surface area contributed by atoms with Crippen molar-refractivity contribution in [3.05, 3.63) is 11.8 Å². The summed E-state index contributed by atoms with van der Waals surface area (Å²) in [7, 11) is 1.96. The lowest BCUT2D eigenvalue weighted by atomic mass is 10.2. The van der Waals surface area contributed by atoms with Crippen LogP contribution in [0.5, 0.6) is 0 Å². The summed E-state index contributed by atoms with van der Waals surface area (Å²) in [5.41, 5.74) is 0. The van der Waals surface area contributed by atoms with Crippen LogP contribution in [0.1, 0.15) is 19.3 Å². The second-order valence-electron chi connectivity index (χ2n) is 2.51. The molecule has 0 fully saturated rings. The molecule has 0 atom stereocenters. The Hall–Kier alpha value is -0.500. The maximum atomic E-state index is 5.40. The third-order valence-corrected chi connectivity index (χ3v) is 1.63. The molecule has 58 valence electrons. The molecule has 0 unspecified atom stereocenters. The Morgan fingerprint density at radius 3 is 3.20 bits per heavy atom. The molecule has 0 bridgehead atoms. The first-order valence-electron chi connectivity index (χ1n) is 3.90. The van der Waals surface area contributed by atoms with Gasteiger partial charge in [-0.15, -0.1) is 0 Å². The number of rotatable bonds is 3. The molecule has 0 aliphatic carbocycles. The van der Waals surface area contributed by atoms with E-state index in [1.165, 1.54) is 18.6 Å². The molecule has 0 saturated carbocycles. The van der Waals surface area contributed by atoms with Crippen LogP contribution in [0.25, 0.3) is 0 Å². The quantitative estimate of drug-likeness (QED) is 0.639. The summed E-state index contributed by atoms with van der Waals surface area (Å²) in [4.78, 5) is 0. The van der Waals surface area contributed by atoms with Crippen LogP contribution in [0.15, 0.2) is 11.8 Å². The fourth-order valence-electron chi connectivity index (χ4n) is 1.03. The molecular formula is C8H15NO. The maximum Gasteiger partial charge on any atom is 0.0932 e. The minimum absolute atomic E-state index is 0.912. The first-order chi connectivity index (χ1) is 4.93. The lowest BCUT2D eigenvalue weighted by molar-refractivity contribution is 0.184. The Morgan fingerprint density at radius 1 is 1.70 bits per heavy atom. The largest absolute Gasteiger partial charge is 0.498 e. The Balaban J connectivity index is 2.18. The van der Waals surface area contributed by atoms with Crippen LogP contribution in [0.4, 0.5) is 0 Å². The molecule has 0 saturated heterocycles. The van der Waals surface area contributed by atoms with E-state index in [9.17, 15) is 0 Å². The molecule has 0 radical (unpaired) electrons. The van der Waals surface area contributed by atoms with Crippen molar-refractivity contribution in [3.8, 4) is 0 Å². The Kier molecular flexibility index (Phi) is 3.30. The molecule has 0 amide bonds. The maximum absolute atomic E-state index is 5.40. The highest BCUT2D eigenvalue weighted by Gasteiger charge is 2.01. The average molecular weight is 141 g/mol. The molecule has 0 aromatic heterocycles. The predicted octanol–water partition coefficient (Wildman–Crippen LogP) is 1.29. The van der Waals surface area contributed by atoms with E-state index in [0.717, 1.165) is 19.6 Å². The third-order valence-electron chi connectivity index (χ3n) is 1.63. The fourth-order valence-corrected chi connectivity index (χ4v) is 1.03. The normalized spacial score (nSPS) is 17.9. The van der Waals surface area contributed by atoms with E-state index < -0.39 is 0 Å². The van der Waals surface area contributed by atoms with Crippen LogP contribution >= 0.6 is 0 Å². The second-order valence-corrected chi connectivity index (χ2v) is 2.51. The van der Waals surface area contributed by atoms with Crippen molar-refractivity contribution in [1.82, 2.24) is 5.32 Å². The van der Waals surface area contributed by atoms with E-state index in [1.54, 1.807) is 0 Å². The van der Waals surface area contributed by atoms with Gasteiger partial charge in [0.1, 0.15) is 0 Å². The summed E-state index contributed by atoms with van der Waals surface area (Å²) in [5, 5.41) is 3.09. The summed E-state index contributed by atoms with van der Waals surface area (Å²) < 4.78 is 5.40. The summed E-state index contributed by atoms with van der Waals surface area (Å²) in [6.07, 6.45) is 5.61. The van der Waals surface area contributed by atoms with Crippen LogP contribution in [0.3, 0.4) is 0 Å². The van der Waals surface area contributed by atoms with Gasteiger partial charge in [0.15, 0.2) is 0 Å². The predicted molar refractivity (Wildman–Crippen MR) is 41.8 cm³/mol. The highest BCUT2D eigenvalue weighted by Crippen LogP contribution is 2.11. The van der Waals surface area contributed by atoms with Crippen molar-refractivity contribution in [3.63, 3.8) is 0 Å². The van der Waals surface area contributed by atoms with Gasteiger partial charge in [-0.2, -0.15) is 0 Å². The Morgan fingerprint density at radius 2 is 2.60 bits per heavy atom. The number of hydrogen-bond donors (Lipinski definition) is 1.